The first-order valence-corrected chi connectivity index (χ1v) is 6.89. The van der Waals surface area contributed by atoms with E-state index < -0.39 is 10.2 Å². The summed E-state index contributed by atoms with van der Waals surface area (Å²) in [7, 11) is -3.57. The fourth-order valence-corrected chi connectivity index (χ4v) is 2.54. The minimum absolute atomic E-state index is 0.144. The van der Waals surface area contributed by atoms with Crippen LogP contribution in [0.4, 0.5) is 0 Å². The minimum atomic E-state index is -3.57. The molecule has 0 fully saturated rings. The Labute approximate surface area is 94.4 Å². The minimum Gasteiger partial charge on any atom is -0.216 e. The Balaban J connectivity index is 2.40. The van der Waals surface area contributed by atoms with Crippen molar-refractivity contribution in [1.29, 1.82) is 0 Å². The maximum absolute atomic E-state index is 10.6. The third-order valence-electron chi connectivity index (χ3n) is 1.65. The van der Waals surface area contributed by atoms with Crippen LogP contribution in [0.3, 0.4) is 0 Å². The highest BCUT2D eigenvalue weighted by Crippen LogP contribution is 2.21. The van der Waals surface area contributed by atoms with Crippen LogP contribution in [-0.2, 0) is 10.2 Å². The van der Waals surface area contributed by atoms with E-state index in [2.05, 4.69) is 4.72 Å². The average molecular weight is 246 g/mol. The summed E-state index contributed by atoms with van der Waals surface area (Å²) in [6, 6.07) is 9.80. The molecular weight excluding hydrogens is 232 g/mol. The van der Waals surface area contributed by atoms with Crippen molar-refractivity contribution in [1.82, 2.24) is 4.72 Å². The molecular formula is C9H14N2O2S2. The summed E-state index contributed by atoms with van der Waals surface area (Å²) < 4.78 is 23.6. The van der Waals surface area contributed by atoms with Crippen molar-refractivity contribution in [3.05, 3.63) is 30.3 Å². The van der Waals surface area contributed by atoms with Gasteiger partial charge in [0.15, 0.2) is 0 Å². The van der Waals surface area contributed by atoms with Crippen LogP contribution in [0.25, 0.3) is 0 Å². The largest absolute Gasteiger partial charge is 0.274 e. The molecule has 0 unspecified atom stereocenters. The maximum atomic E-state index is 10.6. The Bertz CT molecular complexity index is 392. The molecule has 84 valence electrons. The molecule has 0 spiro atoms. The lowest BCUT2D eigenvalue weighted by Gasteiger charge is -2.10. The molecule has 6 heteroatoms. The van der Waals surface area contributed by atoms with Crippen molar-refractivity contribution in [2.75, 3.05) is 6.54 Å². The molecule has 1 atom stereocenters. The molecule has 0 aliphatic rings. The number of thioether (sulfide) groups is 1. The summed E-state index contributed by atoms with van der Waals surface area (Å²) >= 11 is 1.60. The molecule has 0 saturated carbocycles. The van der Waals surface area contributed by atoms with E-state index in [0.717, 1.165) is 4.90 Å². The zero-order valence-electron chi connectivity index (χ0n) is 8.38. The summed E-state index contributed by atoms with van der Waals surface area (Å²) in [4.78, 5) is 1.11. The molecule has 0 radical (unpaired) electrons. The van der Waals surface area contributed by atoms with E-state index >= 15 is 0 Å². The lowest BCUT2D eigenvalue weighted by molar-refractivity contribution is 0.583. The second-order valence-electron chi connectivity index (χ2n) is 3.13. The van der Waals surface area contributed by atoms with Crippen LogP contribution in [-0.4, -0.2) is 20.2 Å². The second kappa shape index (κ2) is 5.50. The smallest absolute Gasteiger partial charge is 0.216 e. The molecule has 0 aliphatic heterocycles. The van der Waals surface area contributed by atoms with E-state index in [1.807, 2.05) is 37.3 Å². The molecule has 0 bridgehead atoms. The highest BCUT2D eigenvalue weighted by Gasteiger charge is 2.07. The van der Waals surface area contributed by atoms with E-state index in [4.69, 9.17) is 5.14 Å². The first kappa shape index (κ1) is 12.5. The Hall–Kier alpha value is -0.560. The predicted molar refractivity (Wildman–Crippen MR) is 62.9 cm³/mol. The summed E-state index contributed by atoms with van der Waals surface area (Å²) in [6.45, 7) is 2.27. The van der Waals surface area contributed by atoms with Gasteiger partial charge < -0.3 is 0 Å². The normalized spacial score (nSPS) is 13.7. The summed E-state index contributed by atoms with van der Waals surface area (Å²) in [5, 5.41) is 4.97. The number of rotatable bonds is 5. The first-order valence-electron chi connectivity index (χ1n) is 4.46. The van der Waals surface area contributed by atoms with E-state index in [1.165, 1.54) is 0 Å². The van der Waals surface area contributed by atoms with Gasteiger partial charge in [-0.25, -0.2) is 9.86 Å². The van der Waals surface area contributed by atoms with Gasteiger partial charge in [-0.2, -0.15) is 8.42 Å². The van der Waals surface area contributed by atoms with Crippen molar-refractivity contribution in [3.8, 4) is 0 Å². The van der Waals surface area contributed by atoms with E-state index in [9.17, 15) is 8.42 Å². The van der Waals surface area contributed by atoms with Crippen molar-refractivity contribution in [2.45, 2.75) is 17.1 Å². The molecule has 1 aromatic rings. The van der Waals surface area contributed by atoms with E-state index in [-0.39, 0.29) is 5.25 Å². The molecule has 15 heavy (non-hydrogen) atoms. The van der Waals surface area contributed by atoms with Crippen molar-refractivity contribution in [2.24, 2.45) is 5.14 Å². The predicted octanol–water partition coefficient (Wildman–Crippen LogP) is 0.960. The maximum Gasteiger partial charge on any atom is 0.274 e. The van der Waals surface area contributed by atoms with Crippen LogP contribution in [0.2, 0.25) is 0 Å². The highest BCUT2D eigenvalue weighted by atomic mass is 32.2. The second-order valence-corrected chi connectivity index (χ2v) is 6.03. The van der Waals surface area contributed by atoms with Crippen molar-refractivity contribution < 1.29 is 8.42 Å². The van der Waals surface area contributed by atoms with Crippen LogP contribution in [0.15, 0.2) is 35.2 Å². The fraction of sp³-hybridized carbons (Fsp3) is 0.333. The zero-order chi connectivity index (χ0) is 11.3. The Morgan fingerprint density at radius 2 is 2.00 bits per heavy atom. The molecule has 0 amide bonds. The first-order chi connectivity index (χ1) is 6.97. The van der Waals surface area contributed by atoms with Crippen LogP contribution >= 0.6 is 11.8 Å². The van der Waals surface area contributed by atoms with Crippen LogP contribution in [0.1, 0.15) is 6.92 Å². The van der Waals surface area contributed by atoms with Gasteiger partial charge in [0.05, 0.1) is 0 Å². The molecule has 0 saturated heterocycles. The van der Waals surface area contributed by atoms with Gasteiger partial charge in [0, 0.05) is 16.7 Å². The van der Waals surface area contributed by atoms with Gasteiger partial charge >= 0.3 is 0 Å². The third kappa shape index (κ3) is 5.78. The van der Waals surface area contributed by atoms with Crippen molar-refractivity contribution >= 4 is 22.0 Å². The molecule has 0 aromatic heterocycles. The van der Waals surface area contributed by atoms with Gasteiger partial charge in [-0.1, -0.05) is 25.1 Å². The molecule has 3 N–H and O–H groups in total. The zero-order valence-corrected chi connectivity index (χ0v) is 10.0. The van der Waals surface area contributed by atoms with Gasteiger partial charge in [0.25, 0.3) is 10.2 Å². The number of benzene rings is 1. The lowest BCUT2D eigenvalue weighted by atomic mass is 10.4. The Morgan fingerprint density at radius 1 is 1.40 bits per heavy atom. The Morgan fingerprint density at radius 3 is 2.53 bits per heavy atom. The fourth-order valence-electron chi connectivity index (χ4n) is 1.01. The highest BCUT2D eigenvalue weighted by molar-refractivity contribution is 8.00. The van der Waals surface area contributed by atoms with Crippen LogP contribution in [0, 0.1) is 0 Å². The average Bonchev–Trinajstić information content (AvgIpc) is 2.15. The van der Waals surface area contributed by atoms with Gasteiger partial charge in [-0.15, -0.1) is 11.8 Å². The molecule has 0 heterocycles. The number of hydrogen-bond acceptors (Lipinski definition) is 3. The summed E-state index contributed by atoms with van der Waals surface area (Å²) in [6.07, 6.45) is 0. The van der Waals surface area contributed by atoms with Gasteiger partial charge in [-0.3, -0.25) is 0 Å². The third-order valence-corrected chi connectivity index (χ3v) is 3.33. The van der Waals surface area contributed by atoms with E-state index in [0.29, 0.717) is 6.54 Å². The monoisotopic (exact) mass is 246 g/mol. The van der Waals surface area contributed by atoms with Crippen LogP contribution in [0.5, 0.6) is 0 Å². The van der Waals surface area contributed by atoms with Gasteiger partial charge in [0.1, 0.15) is 0 Å². The quantitative estimate of drug-likeness (QED) is 0.760. The van der Waals surface area contributed by atoms with E-state index in [1.54, 1.807) is 11.8 Å². The molecule has 4 nitrogen and oxygen atoms in total. The SMILES string of the molecule is C[C@H](CNS(N)(=O)=O)Sc1ccccc1. The number of nitrogens with one attached hydrogen (secondary N) is 1. The van der Waals surface area contributed by atoms with Gasteiger partial charge in [-0.05, 0) is 12.1 Å². The van der Waals surface area contributed by atoms with Crippen molar-refractivity contribution in [3.63, 3.8) is 0 Å². The summed E-state index contributed by atoms with van der Waals surface area (Å²) in [5.74, 6) is 0. The topological polar surface area (TPSA) is 72.2 Å². The molecule has 1 rings (SSSR count). The van der Waals surface area contributed by atoms with Gasteiger partial charge in [0.2, 0.25) is 0 Å². The standard InChI is InChI=1S/C9H14N2O2S2/c1-8(7-11-15(10,12)13)14-9-5-3-2-4-6-9/h2-6,8,11H,7H2,1H3,(H2,10,12,13)/t8-/m1/s1. The summed E-state index contributed by atoms with van der Waals surface area (Å²) in [5.41, 5.74) is 0. The number of hydrogen-bond donors (Lipinski definition) is 2. The molecule has 0 aliphatic carbocycles. The van der Waals surface area contributed by atoms with Crippen LogP contribution < -0.4 is 9.86 Å². The number of nitrogens with two attached hydrogens (primary N) is 1. The lowest BCUT2D eigenvalue weighted by Crippen LogP contribution is -2.34. The molecule has 1 aromatic carbocycles. The Kier molecular flexibility index (Phi) is 4.59.